The fourth-order valence-electron chi connectivity index (χ4n) is 3.66. The van der Waals surface area contributed by atoms with E-state index in [1.165, 1.54) is 16.7 Å². The number of nitrogens with zero attached hydrogens (tertiary/aromatic N) is 2. The Morgan fingerprint density at radius 1 is 0.958 bits per heavy atom. The summed E-state index contributed by atoms with van der Waals surface area (Å²) in [5, 5.41) is 2.31. The van der Waals surface area contributed by atoms with E-state index in [0.717, 1.165) is 46.1 Å². The predicted octanol–water partition coefficient (Wildman–Crippen LogP) is 4.69. The highest BCUT2D eigenvalue weighted by atomic mass is 16.5. The van der Waals surface area contributed by atoms with Gasteiger partial charge in [-0.25, -0.2) is 0 Å². The molecule has 0 spiro atoms. The SMILES string of the molecule is Cc1cc(-c2ccc3c4c(ccnc24)CCO3)c2cccnc2c1. The first-order chi connectivity index (χ1) is 11.8. The molecule has 3 nitrogen and oxygen atoms in total. The summed E-state index contributed by atoms with van der Waals surface area (Å²) in [6.07, 6.45) is 4.69. The second-order valence-electron chi connectivity index (χ2n) is 6.29. The molecular weight excluding hydrogens is 296 g/mol. The highest BCUT2D eigenvalue weighted by Gasteiger charge is 2.18. The van der Waals surface area contributed by atoms with Gasteiger partial charge in [-0.15, -0.1) is 0 Å². The number of hydrogen-bond donors (Lipinski definition) is 0. The summed E-state index contributed by atoms with van der Waals surface area (Å²) in [5.41, 5.74) is 6.87. The predicted molar refractivity (Wildman–Crippen MR) is 96.4 cm³/mol. The van der Waals surface area contributed by atoms with Crippen molar-refractivity contribution < 1.29 is 4.74 Å². The van der Waals surface area contributed by atoms with Crippen LogP contribution < -0.4 is 4.74 Å². The largest absolute Gasteiger partial charge is 0.493 e. The van der Waals surface area contributed by atoms with E-state index < -0.39 is 0 Å². The van der Waals surface area contributed by atoms with Gasteiger partial charge in [-0.2, -0.15) is 0 Å². The first kappa shape index (κ1) is 13.5. The minimum Gasteiger partial charge on any atom is -0.493 e. The fourth-order valence-corrected chi connectivity index (χ4v) is 3.66. The first-order valence-electron chi connectivity index (χ1n) is 8.20. The van der Waals surface area contributed by atoms with Gasteiger partial charge in [0.2, 0.25) is 0 Å². The van der Waals surface area contributed by atoms with Crippen LogP contribution in [0.25, 0.3) is 32.9 Å². The second kappa shape index (κ2) is 5.03. The van der Waals surface area contributed by atoms with Crippen molar-refractivity contribution in [3.63, 3.8) is 0 Å². The topological polar surface area (TPSA) is 35.0 Å². The van der Waals surface area contributed by atoms with Crippen LogP contribution in [0, 0.1) is 6.92 Å². The molecule has 0 saturated heterocycles. The molecular formula is C21H16N2O. The van der Waals surface area contributed by atoms with Crippen LogP contribution in [0.5, 0.6) is 5.75 Å². The summed E-state index contributed by atoms with van der Waals surface area (Å²) in [6.45, 7) is 2.85. The minimum atomic E-state index is 0.739. The van der Waals surface area contributed by atoms with Crippen molar-refractivity contribution >= 4 is 21.8 Å². The Labute approximate surface area is 139 Å². The Hall–Kier alpha value is -2.94. The normalized spacial score (nSPS) is 13.2. The van der Waals surface area contributed by atoms with Crippen LogP contribution in [0.15, 0.2) is 54.9 Å². The molecule has 0 bridgehead atoms. The molecule has 2 aromatic heterocycles. The van der Waals surface area contributed by atoms with Gasteiger partial charge < -0.3 is 4.74 Å². The van der Waals surface area contributed by atoms with Crippen LogP contribution in [-0.2, 0) is 6.42 Å². The molecule has 0 amide bonds. The Morgan fingerprint density at radius 3 is 2.88 bits per heavy atom. The van der Waals surface area contributed by atoms with Gasteiger partial charge in [0, 0.05) is 35.2 Å². The average Bonchev–Trinajstić information content (AvgIpc) is 2.62. The number of ether oxygens (including phenoxy) is 1. The van der Waals surface area contributed by atoms with Crippen LogP contribution >= 0.6 is 0 Å². The summed E-state index contributed by atoms with van der Waals surface area (Å²) in [6, 6.07) is 14.8. The van der Waals surface area contributed by atoms with Crippen molar-refractivity contribution in [2.45, 2.75) is 13.3 Å². The molecule has 116 valence electrons. The third-order valence-corrected chi connectivity index (χ3v) is 4.72. The van der Waals surface area contributed by atoms with E-state index >= 15 is 0 Å². The quantitative estimate of drug-likeness (QED) is 0.511. The van der Waals surface area contributed by atoms with Crippen LogP contribution in [-0.4, -0.2) is 16.6 Å². The van der Waals surface area contributed by atoms with Crippen molar-refractivity contribution in [3.8, 4) is 16.9 Å². The third kappa shape index (κ3) is 1.91. The van der Waals surface area contributed by atoms with Gasteiger partial charge in [0.05, 0.1) is 17.6 Å². The number of rotatable bonds is 1. The number of fused-ring (bicyclic) bond motifs is 1. The van der Waals surface area contributed by atoms with Gasteiger partial charge in [0.15, 0.2) is 0 Å². The molecule has 3 heterocycles. The Bertz CT molecular complexity index is 1090. The number of hydrogen-bond acceptors (Lipinski definition) is 3. The molecule has 0 unspecified atom stereocenters. The number of pyridine rings is 2. The molecule has 0 aliphatic carbocycles. The zero-order chi connectivity index (χ0) is 16.1. The molecule has 4 aromatic rings. The monoisotopic (exact) mass is 312 g/mol. The summed E-state index contributed by atoms with van der Waals surface area (Å²) in [5.74, 6) is 0.943. The summed E-state index contributed by atoms with van der Waals surface area (Å²) in [7, 11) is 0. The zero-order valence-corrected chi connectivity index (χ0v) is 13.4. The van der Waals surface area contributed by atoms with Gasteiger partial charge >= 0.3 is 0 Å². The average molecular weight is 312 g/mol. The lowest BCUT2D eigenvalue weighted by atomic mass is 9.93. The molecule has 0 radical (unpaired) electrons. The number of benzene rings is 2. The third-order valence-electron chi connectivity index (χ3n) is 4.72. The molecule has 0 saturated carbocycles. The molecule has 5 rings (SSSR count). The van der Waals surface area contributed by atoms with Gasteiger partial charge in [-0.05, 0) is 53.9 Å². The molecule has 0 N–H and O–H groups in total. The van der Waals surface area contributed by atoms with E-state index in [-0.39, 0.29) is 0 Å². The highest BCUT2D eigenvalue weighted by Crippen LogP contribution is 2.39. The minimum absolute atomic E-state index is 0.739. The summed E-state index contributed by atoms with van der Waals surface area (Å²) >= 11 is 0. The highest BCUT2D eigenvalue weighted by molar-refractivity contribution is 6.05. The molecule has 0 atom stereocenters. The summed E-state index contributed by atoms with van der Waals surface area (Å²) < 4.78 is 5.85. The van der Waals surface area contributed by atoms with Gasteiger partial charge in [0.1, 0.15) is 5.75 Å². The molecule has 3 heteroatoms. The van der Waals surface area contributed by atoms with E-state index in [9.17, 15) is 0 Å². The maximum atomic E-state index is 5.85. The van der Waals surface area contributed by atoms with E-state index in [2.05, 4.69) is 48.3 Å². The standard InChI is InChI=1S/C21H16N2O/c1-13-11-17(15-3-2-8-22-18(15)12-13)16-4-5-19-20-14(7-10-24-19)6-9-23-21(16)20/h2-6,8-9,11-12H,7,10H2,1H3. The molecule has 0 fully saturated rings. The van der Waals surface area contributed by atoms with E-state index in [4.69, 9.17) is 9.72 Å². The maximum Gasteiger partial charge on any atom is 0.129 e. The number of aryl methyl sites for hydroxylation is 1. The van der Waals surface area contributed by atoms with Gasteiger partial charge in [-0.1, -0.05) is 12.1 Å². The Kier molecular flexibility index (Phi) is 2.83. The second-order valence-corrected chi connectivity index (χ2v) is 6.29. The number of aromatic nitrogens is 2. The van der Waals surface area contributed by atoms with Crippen molar-refractivity contribution in [2.75, 3.05) is 6.61 Å². The lowest BCUT2D eigenvalue weighted by Crippen LogP contribution is -2.09. The molecule has 1 aliphatic rings. The van der Waals surface area contributed by atoms with Crippen LogP contribution in [0.2, 0.25) is 0 Å². The summed E-state index contributed by atoms with van der Waals surface area (Å²) in [4.78, 5) is 9.22. The van der Waals surface area contributed by atoms with Crippen molar-refractivity contribution in [1.29, 1.82) is 0 Å². The van der Waals surface area contributed by atoms with Crippen LogP contribution in [0.3, 0.4) is 0 Å². The van der Waals surface area contributed by atoms with E-state index in [1.54, 1.807) is 0 Å². The van der Waals surface area contributed by atoms with Crippen molar-refractivity contribution in [3.05, 3.63) is 66.0 Å². The van der Waals surface area contributed by atoms with Gasteiger partial charge in [0.25, 0.3) is 0 Å². The molecule has 2 aromatic carbocycles. The van der Waals surface area contributed by atoms with Crippen LogP contribution in [0.4, 0.5) is 0 Å². The zero-order valence-electron chi connectivity index (χ0n) is 13.4. The Morgan fingerprint density at radius 2 is 1.92 bits per heavy atom. The molecule has 24 heavy (non-hydrogen) atoms. The van der Waals surface area contributed by atoms with E-state index in [1.807, 2.05) is 18.5 Å². The fraction of sp³-hybridized carbons (Fsp3) is 0.143. The van der Waals surface area contributed by atoms with Crippen molar-refractivity contribution in [2.24, 2.45) is 0 Å². The maximum absolute atomic E-state index is 5.85. The first-order valence-corrected chi connectivity index (χ1v) is 8.20. The smallest absolute Gasteiger partial charge is 0.129 e. The van der Waals surface area contributed by atoms with E-state index in [0.29, 0.717) is 0 Å². The lowest BCUT2D eigenvalue weighted by molar-refractivity contribution is 0.318. The Balaban J connectivity index is 1.91. The molecule has 1 aliphatic heterocycles. The van der Waals surface area contributed by atoms with Gasteiger partial charge in [-0.3, -0.25) is 9.97 Å². The van der Waals surface area contributed by atoms with Crippen molar-refractivity contribution in [1.82, 2.24) is 9.97 Å². The lowest BCUT2D eigenvalue weighted by Gasteiger charge is -2.20. The van der Waals surface area contributed by atoms with Crippen LogP contribution in [0.1, 0.15) is 11.1 Å².